The smallest absolute Gasteiger partial charge is 0.0938 e. The maximum absolute atomic E-state index is 10.9. The molecule has 1 aromatic heterocycles. The van der Waals surface area contributed by atoms with Crippen LogP contribution in [-0.2, 0) is 6.42 Å². The molecule has 0 saturated heterocycles. The summed E-state index contributed by atoms with van der Waals surface area (Å²) in [6, 6.07) is 10.4. The Morgan fingerprint density at radius 3 is 2.91 bits per heavy atom. The number of nitrogens with zero attached hydrogens (tertiary/aromatic N) is 1. The molecule has 0 radical (unpaired) electrons. The van der Waals surface area contributed by atoms with Crippen molar-refractivity contribution in [3.05, 3.63) is 66.0 Å². The molecule has 4 rings (SSSR count). The molecule has 2 aliphatic rings. The number of rotatable bonds is 5. The van der Waals surface area contributed by atoms with Crippen LogP contribution in [0, 0.1) is 5.41 Å². The van der Waals surface area contributed by atoms with Gasteiger partial charge in [0.05, 0.1) is 5.60 Å². The van der Waals surface area contributed by atoms with Crippen LogP contribution in [0.1, 0.15) is 38.3 Å². The minimum Gasteiger partial charge on any atom is -0.385 e. The first-order valence-electron chi connectivity index (χ1n) is 8.62. The fourth-order valence-electron chi connectivity index (χ4n) is 3.89. The Labute approximate surface area is 137 Å². The molecule has 2 nitrogen and oxygen atoms in total. The van der Waals surface area contributed by atoms with Crippen molar-refractivity contribution in [3.8, 4) is 0 Å². The van der Waals surface area contributed by atoms with Crippen LogP contribution in [0.2, 0.25) is 0 Å². The summed E-state index contributed by atoms with van der Waals surface area (Å²) in [6.07, 6.45) is 13.5. The lowest BCUT2D eigenvalue weighted by Crippen LogP contribution is -2.22. The van der Waals surface area contributed by atoms with E-state index in [2.05, 4.69) is 60.5 Å². The van der Waals surface area contributed by atoms with Gasteiger partial charge in [-0.3, -0.25) is 4.98 Å². The van der Waals surface area contributed by atoms with Gasteiger partial charge in [0.2, 0.25) is 0 Å². The summed E-state index contributed by atoms with van der Waals surface area (Å²) in [5, 5.41) is 13.4. The van der Waals surface area contributed by atoms with E-state index in [1.165, 1.54) is 29.2 Å². The molecule has 1 aromatic carbocycles. The van der Waals surface area contributed by atoms with Crippen molar-refractivity contribution in [1.82, 2.24) is 4.98 Å². The molecule has 2 heteroatoms. The second-order valence-corrected chi connectivity index (χ2v) is 7.07. The SMILES string of the molecule is CCCCC1=CC2(O)CC2(Cc2nccc3ccccc23)C=C1. The molecule has 0 bridgehead atoms. The van der Waals surface area contributed by atoms with Gasteiger partial charge in [0.25, 0.3) is 0 Å². The van der Waals surface area contributed by atoms with E-state index in [1.807, 2.05) is 6.20 Å². The van der Waals surface area contributed by atoms with Crippen molar-refractivity contribution in [3.63, 3.8) is 0 Å². The van der Waals surface area contributed by atoms with E-state index in [-0.39, 0.29) is 5.41 Å². The molecule has 1 N–H and O–H groups in total. The van der Waals surface area contributed by atoms with Gasteiger partial charge in [-0.15, -0.1) is 0 Å². The van der Waals surface area contributed by atoms with Gasteiger partial charge >= 0.3 is 0 Å². The molecular formula is C21H23NO. The van der Waals surface area contributed by atoms with Crippen molar-refractivity contribution < 1.29 is 5.11 Å². The van der Waals surface area contributed by atoms with Crippen molar-refractivity contribution in [2.45, 2.75) is 44.6 Å². The van der Waals surface area contributed by atoms with Crippen LogP contribution >= 0.6 is 0 Å². The molecule has 2 aliphatic carbocycles. The molecule has 0 aliphatic heterocycles. The molecule has 2 unspecified atom stereocenters. The van der Waals surface area contributed by atoms with Crippen molar-refractivity contribution in [1.29, 1.82) is 0 Å². The van der Waals surface area contributed by atoms with Crippen LogP contribution in [0.3, 0.4) is 0 Å². The molecule has 23 heavy (non-hydrogen) atoms. The van der Waals surface area contributed by atoms with E-state index in [9.17, 15) is 5.11 Å². The first kappa shape index (κ1) is 14.6. The maximum Gasteiger partial charge on any atom is 0.0938 e. The number of hydrogen-bond donors (Lipinski definition) is 1. The molecule has 0 amide bonds. The van der Waals surface area contributed by atoms with Crippen LogP contribution in [0.25, 0.3) is 10.8 Å². The number of hydrogen-bond acceptors (Lipinski definition) is 2. The highest BCUT2D eigenvalue weighted by atomic mass is 16.3. The Bertz CT molecular complexity index is 801. The van der Waals surface area contributed by atoms with Gasteiger partial charge in [-0.2, -0.15) is 0 Å². The van der Waals surface area contributed by atoms with Crippen LogP contribution in [0.15, 0.2) is 60.3 Å². The van der Waals surface area contributed by atoms with E-state index in [1.54, 1.807) is 0 Å². The topological polar surface area (TPSA) is 33.1 Å². The van der Waals surface area contributed by atoms with Gasteiger partial charge in [-0.25, -0.2) is 0 Å². The van der Waals surface area contributed by atoms with Gasteiger partial charge in [-0.05, 0) is 42.4 Å². The minimum atomic E-state index is -0.663. The summed E-state index contributed by atoms with van der Waals surface area (Å²) in [5.41, 5.74) is 1.56. The lowest BCUT2D eigenvalue weighted by atomic mass is 9.87. The molecule has 1 fully saturated rings. The third kappa shape index (κ3) is 2.42. The Morgan fingerprint density at radius 2 is 2.09 bits per heavy atom. The number of benzene rings is 1. The summed E-state index contributed by atoms with van der Waals surface area (Å²) in [5.74, 6) is 0. The molecular weight excluding hydrogens is 282 g/mol. The Hall–Kier alpha value is -1.93. The fourth-order valence-corrected chi connectivity index (χ4v) is 3.89. The predicted molar refractivity (Wildman–Crippen MR) is 94.2 cm³/mol. The normalized spacial score (nSPS) is 28.5. The van der Waals surface area contributed by atoms with Crippen LogP contribution < -0.4 is 0 Å². The van der Waals surface area contributed by atoms with Gasteiger partial charge in [0.15, 0.2) is 0 Å². The summed E-state index contributed by atoms with van der Waals surface area (Å²) < 4.78 is 0. The maximum atomic E-state index is 10.9. The first-order valence-corrected chi connectivity index (χ1v) is 8.62. The lowest BCUT2D eigenvalue weighted by molar-refractivity contribution is 0.159. The fraction of sp³-hybridized carbons (Fsp3) is 0.381. The second kappa shape index (κ2) is 5.31. The zero-order valence-corrected chi connectivity index (χ0v) is 13.6. The van der Waals surface area contributed by atoms with Gasteiger partial charge in [-0.1, -0.05) is 49.8 Å². The zero-order valence-electron chi connectivity index (χ0n) is 13.6. The van der Waals surface area contributed by atoms with Crippen LogP contribution in [0.5, 0.6) is 0 Å². The monoisotopic (exact) mass is 305 g/mol. The Kier molecular flexibility index (Phi) is 3.38. The highest BCUT2D eigenvalue weighted by molar-refractivity contribution is 5.84. The molecule has 2 aromatic rings. The van der Waals surface area contributed by atoms with E-state index < -0.39 is 5.60 Å². The number of allylic oxidation sites excluding steroid dienone is 2. The average Bonchev–Trinajstić information content (AvgIpc) is 3.17. The first-order chi connectivity index (χ1) is 11.2. The van der Waals surface area contributed by atoms with Gasteiger partial charge in [0.1, 0.15) is 0 Å². The van der Waals surface area contributed by atoms with Crippen molar-refractivity contribution >= 4 is 10.8 Å². The number of aromatic nitrogens is 1. The molecule has 2 atom stereocenters. The standard InChI is InChI=1S/C21H23NO/c1-2-3-6-16-9-11-20(15-21(20,23)13-16)14-19-18-8-5-4-7-17(18)10-12-22-19/h4-5,7-13,23H,2-3,6,14-15H2,1H3. The molecule has 118 valence electrons. The summed E-state index contributed by atoms with van der Waals surface area (Å²) in [7, 11) is 0. The number of unbranched alkanes of at least 4 members (excludes halogenated alkanes) is 1. The van der Waals surface area contributed by atoms with Crippen LogP contribution in [0.4, 0.5) is 0 Å². The number of fused-ring (bicyclic) bond motifs is 2. The quantitative estimate of drug-likeness (QED) is 0.876. The zero-order chi connectivity index (χ0) is 15.9. The summed E-state index contributed by atoms with van der Waals surface area (Å²) in [4.78, 5) is 4.61. The Morgan fingerprint density at radius 1 is 1.22 bits per heavy atom. The third-order valence-corrected chi connectivity index (χ3v) is 5.42. The lowest BCUT2D eigenvalue weighted by Gasteiger charge is -2.21. The van der Waals surface area contributed by atoms with E-state index in [0.717, 1.165) is 25.0 Å². The summed E-state index contributed by atoms with van der Waals surface area (Å²) >= 11 is 0. The van der Waals surface area contributed by atoms with Crippen molar-refractivity contribution in [2.24, 2.45) is 5.41 Å². The van der Waals surface area contributed by atoms with Gasteiger partial charge < -0.3 is 5.11 Å². The highest BCUT2D eigenvalue weighted by Crippen LogP contribution is 2.62. The third-order valence-electron chi connectivity index (χ3n) is 5.42. The van der Waals surface area contributed by atoms with Crippen molar-refractivity contribution in [2.75, 3.05) is 0 Å². The predicted octanol–water partition coefficient (Wildman–Crippen LogP) is 4.58. The molecule has 1 saturated carbocycles. The van der Waals surface area contributed by atoms with E-state index in [0.29, 0.717) is 0 Å². The van der Waals surface area contributed by atoms with E-state index >= 15 is 0 Å². The van der Waals surface area contributed by atoms with E-state index in [4.69, 9.17) is 0 Å². The minimum absolute atomic E-state index is 0.153. The number of aliphatic hydroxyl groups is 1. The van der Waals surface area contributed by atoms with Gasteiger partial charge in [0, 0.05) is 29.1 Å². The average molecular weight is 305 g/mol. The highest BCUT2D eigenvalue weighted by Gasteiger charge is 2.65. The Balaban J connectivity index is 1.61. The largest absolute Gasteiger partial charge is 0.385 e. The summed E-state index contributed by atoms with van der Waals surface area (Å²) in [6.45, 7) is 2.20. The second-order valence-electron chi connectivity index (χ2n) is 7.07. The number of pyridine rings is 1. The van der Waals surface area contributed by atoms with Crippen LogP contribution in [-0.4, -0.2) is 15.7 Å². The molecule has 0 spiro atoms. The molecule has 1 heterocycles.